The van der Waals surface area contributed by atoms with Crippen LogP contribution in [0.3, 0.4) is 0 Å². The van der Waals surface area contributed by atoms with E-state index in [9.17, 15) is 9.59 Å². The lowest BCUT2D eigenvalue weighted by molar-refractivity contribution is -0.137. The second-order valence-corrected chi connectivity index (χ2v) is 3.95. The van der Waals surface area contributed by atoms with Crippen molar-refractivity contribution in [2.24, 2.45) is 0 Å². The van der Waals surface area contributed by atoms with Crippen LogP contribution in [0.25, 0.3) is 0 Å². The van der Waals surface area contributed by atoms with Crippen molar-refractivity contribution in [1.82, 2.24) is 0 Å². The van der Waals surface area contributed by atoms with E-state index in [0.717, 1.165) is 0 Å². The fourth-order valence-corrected chi connectivity index (χ4v) is 1.34. The zero-order valence-corrected chi connectivity index (χ0v) is 10.1. The van der Waals surface area contributed by atoms with Gasteiger partial charge >= 0.3 is 11.9 Å². The molecule has 0 aliphatic carbocycles. The largest absolute Gasteiger partial charge is 0.389 e. The van der Waals surface area contributed by atoms with E-state index in [4.69, 9.17) is 23.2 Å². The first-order valence-corrected chi connectivity index (χ1v) is 5.50. The van der Waals surface area contributed by atoms with Crippen molar-refractivity contribution in [3.63, 3.8) is 0 Å². The second kappa shape index (κ2) is 5.87. The molecule has 86 valence electrons. The van der Waals surface area contributed by atoms with Gasteiger partial charge in [0.15, 0.2) is 0 Å². The predicted octanol–water partition coefficient (Wildman–Crippen LogP) is 3.48. The predicted molar refractivity (Wildman–Crippen MR) is 61.8 cm³/mol. The molecule has 0 heterocycles. The van der Waals surface area contributed by atoms with E-state index in [0.29, 0.717) is 11.4 Å². The lowest BCUT2D eigenvalue weighted by Gasteiger charge is -2.03. The van der Waals surface area contributed by atoms with Crippen molar-refractivity contribution in [3.05, 3.63) is 33.8 Å². The summed E-state index contributed by atoms with van der Waals surface area (Å²) in [7, 11) is 0. The molecule has 0 spiro atoms. The van der Waals surface area contributed by atoms with Crippen LogP contribution in [0.2, 0.25) is 10.0 Å². The Morgan fingerprint density at radius 1 is 1.25 bits per heavy atom. The topological polar surface area (TPSA) is 43.4 Å². The molecule has 0 aliphatic rings. The maximum absolute atomic E-state index is 11.4. The highest BCUT2D eigenvalue weighted by Gasteiger charge is 2.13. The van der Waals surface area contributed by atoms with E-state index in [1.165, 1.54) is 18.2 Å². The molecule has 0 atom stereocenters. The van der Waals surface area contributed by atoms with Crippen molar-refractivity contribution in [2.45, 2.75) is 19.8 Å². The minimum absolute atomic E-state index is 0.207. The SMILES string of the molecule is CCCC(=O)OC(=O)c1ccc(Cl)c(Cl)c1. The molecule has 1 rings (SSSR count). The summed E-state index contributed by atoms with van der Waals surface area (Å²) in [5.74, 6) is -1.25. The van der Waals surface area contributed by atoms with Crippen LogP contribution in [0.5, 0.6) is 0 Å². The average Bonchev–Trinajstić information content (AvgIpc) is 2.22. The van der Waals surface area contributed by atoms with Gasteiger partial charge in [0.1, 0.15) is 0 Å². The van der Waals surface area contributed by atoms with Gasteiger partial charge in [-0.25, -0.2) is 4.79 Å². The number of carbonyl (C=O) groups is 2. The quantitative estimate of drug-likeness (QED) is 0.618. The molecule has 3 nitrogen and oxygen atoms in total. The molecule has 1 aromatic carbocycles. The number of hydrogen-bond donors (Lipinski definition) is 0. The minimum atomic E-state index is -0.711. The highest BCUT2D eigenvalue weighted by Crippen LogP contribution is 2.22. The molecule has 0 aliphatic heterocycles. The molecule has 0 bridgehead atoms. The summed E-state index contributed by atoms with van der Waals surface area (Å²) in [6.45, 7) is 1.82. The lowest BCUT2D eigenvalue weighted by Crippen LogP contribution is -2.12. The average molecular weight is 261 g/mol. The number of halogens is 2. The number of benzene rings is 1. The Labute approximate surface area is 103 Å². The van der Waals surface area contributed by atoms with E-state index in [-0.39, 0.29) is 17.0 Å². The first kappa shape index (κ1) is 13.0. The molecule has 5 heteroatoms. The molecule has 0 aromatic heterocycles. The number of esters is 2. The second-order valence-electron chi connectivity index (χ2n) is 3.14. The highest BCUT2D eigenvalue weighted by molar-refractivity contribution is 6.42. The molecular formula is C11H10Cl2O3. The van der Waals surface area contributed by atoms with Gasteiger partial charge in [0.05, 0.1) is 15.6 Å². The Kier molecular flexibility index (Phi) is 4.77. The molecule has 0 N–H and O–H groups in total. The molecule has 1 aromatic rings. The third kappa shape index (κ3) is 3.51. The van der Waals surface area contributed by atoms with Crippen LogP contribution in [0.1, 0.15) is 30.1 Å². The van der Waals surface area contributed by atoms with Gasteiger partial charge in [-0.2, -0.15) is 0 Å². The van der Waals surface area contributed by atoms with Crippen molar-refractivity contribution in [1.29, 1.82) is 0 Å². The molecular weight excluding hydrogens is 251 g/mol. The Morgan fingerprint density at radius 2 is 1.94 bits per heavy atom. The monoisotopic (exact) mass is 260 g/mol. The smallest absolute Gasteiger partial charge is 0.345 e. The summed E-state index contributed by atoms with van der Waals surface area (Å²) >= 11 is 11.4. The molecule has 16 heavy (non-hydrogen) atoms. The normalized spacial score (nSPS) is 9.94. The zero-order chi connectivity index (χ0) is 12.1. The number of rotatable bonds is 3. The van der Waals surface area contributed by atoms with Crippen LogP contribution in [0.15, 0.2) is 18.2 Å². The van der Waals surface area contributed by atoms with E-state index in [1.807, 2.05) is 6.92 Å². The molecule has 0 fully saturated rings. The highest BCUT2D eigenvalue weighted by atomic mass is 35.5. The first-order chi connectivity index (χ1) is 7.54. The minimum Gasteiger partial charge on any atom is -0.389 e. The van der Waals surface area contributed by atoms with Crippen molar-refractivity contribution >= 4 is 35.1 Å². The Bertz CT molecular complexity index is 416. The van der Waals surface area contributed by atoms with Gasteiger partial charge in [-0.3, -0.25) is 4.79 Å². The number of ether oxygens (including phenoxy) is 1. The van der Waals surface area contributed by atoms with Gasteiger partial charge in [-0.15, -0.1) is 0 Å². The molecule has 0 radical (unpaired) electrons. The van der Waals surface area contributed by atoms with Crippen LogP contribution in [-0.4, -0.2) is 11.9 Å². The zero-order valence-electron chi connectivity index (χ0n) is 8.63. The summed E-state index contributed by atoms with van der Waals surface area (Å²) in [5.41, 5.74) is 0.207. The van der Waals surface area contributed by atoms with Gasteiger partial charge in [-0.05, 0) is 24.6 Å². The van der Waals surface area contributed by atoms with Crippen LogP contribution in [0.4, 0.5) is 0 Å². The summed E-state index contributed by atoms with van der Waals surface area (Å²) in [6.07, 6.45) is 0.848. The molecule has 0 saturated carbocycles. The van der Waals surface area contributed by atoms with Crippen LogP contribution in [-0.2, 0) is 9.53 Å². The van der Waals surface area contributed by atoms with E-state index >= 15 is 0 Å². The van der Waals surface area contributed by atoms with Crippen LogP contribution in [0, 0.1) is 0 Å². The van der Waals surface area contributed by atoms with Crippen LogP contribution < -0.4 is 0 Å². The van der Waals surface area contributed by atoms with Crippen LogP contribution >= 0.6 is 23.2 Å². The van der Waals surface area contributed by atoms with Crippen molar-refractivity contribution in [3.8, 4) is 0 Å². The lowest BCUT2D eigenvalue weighted by atomic mass is 10.2. The molecule has 0 amide bonds. The summed E-state index contributed by atoms with van der Waals surface area (Å²) < 4.78 is 4.59. The Balaban J connectivity index is 2.73. The fourth-order valence-electron chi connectivity index (χ4n) is 1.04. The van der Waals surface area contributed by atoms with Gasteiger partial charge in [0.2, 0.25) is 0 Å². The van der Waals surface area contributed by atoms with E-state index < -0.39 is 11.9 Å². The Morgan fingerprint density at radius 3 is 2.50 bits per heavy atom. The van der Waals surface area contributed by atoms with Crippen molar-refractivity contribution in [2.75, 3.05) is 0 Å². The van der Waals surface area contributed by atoms with Gasteiger partial charge in [0, 0.05) is 6.42 Å². The van der Waals surface area contributed by atoms with Gasteiger partial charge in [-0.1, -0.05) is 30.1 Å². The number of carbonyl (C=O) groups excluding carboxylic acids is 2. The maximum atomic E-state index is 11.4. The Hall–Kier alpha value is -1.06. The molecule has 0 unspecified atom stereocenters. The van der Waals surface area contributed by atoms with Gasteiger partial charge < -0.3 is 4.74 Å². The summed E-state index contributed by atoms with van der Waals surface area (Å²) in [5, 5.41) is 0.595. The molecule has 0 saturated heterocycles. The van der Waals surface area contributed by atoms with E-state index in [2.05, 4.69) is 4.74 Å². The fraction of sp³-hybridized carbons (Fsp3) is 0.273. The number of hydrogen-bond acceptors (Lipinski definition) is 3. The summed E-state index contributed by atoms with van der Waals surface area (Å²) in [4.78, 5) is 22.5. The maximum Gasteiger partial charge on any atom is 0.345 e. The third-order valence-corrected chi connectivity index (χ3v) is 2.55. The standard InChI is InChI=1S/C11H10Cl2O3/c1-2-3-10(14)16-11(15)7-4-5-8(12)9(13)6-7/h4-6H,2-3H2,1H3. The van der Waals surface area contributed by atoms with Crippen molar-refractivity contribution < 1.29 is 14.3 Å². The summed E-state index contributed by atoms with van der Waals surface area (Å²) in [6, 6.07) is 4.30. The van der Waals surface area contributed by atoms with Gasteiger partial charge in [0.25, 0.3) is 0 Å². The third-order valence-electron chi connectivity index (χ3n) is 1.82. The first-order valence-electron chi connectivity index (χ1n) is 4.74. The van der Waals surface area contributed by atoms with E-state index in [1.54, 1.807) is 0 Å².